The van der Waals surface area contributed by atoms with E-state index in [1.807, 2.05) is 4.90 Å². The second-order valence-corrected chi connectivity index (χ2v) is 6.63. The highest BCUT2D eigenvalue weighted by atomic mass is 16.2. The third-order valence-electron chi connectivity index (χ3n) is 4.76. The minimum atomic E-state index is 0.336. The Bertz CT molecular complexity index is 309. The van der Waals surface area contributed by atoms with Crippen molar-refractivity contribution in [3.8, 4) is 0 Å². The number of rotatable bonds is 3. The van der Waals surface area contributed by atoms with E-state index in [-0.39, 0.29) is 0 Å². The molecule has 0 saturated carbocycles. The van der Waals surface area contributed by atoms with Crippen molar-refractivity contribution in [2.75, 3.05) is 39.3 Å². The molecule has 4 nitrogen and oxygen atoms in total. The van der Waals surface area contributed by atoms with Crippen molar-refractivity contribution in [3.63, 3.8) is 0 Å². The van der Waals surface area contributed by atoms with Gasteiger partial charge in [0.2, 0.25) is 5.91 Å². The second-order valence-electron chi connectivity index (χ2n) is 6.63. The van der Waals surface area contributed by atoms with E-state index in [9.17, 15) is 4.79 Å². The summed E-state index contributed by atoms with van der Waals surface area (Å²) >= 11 is 0. The van der Waals surface area contributed by atoms with E-state index in [2.05, 4.69) is 31.0 Å². The zero-order chi connectivity index (χ0) is 13.9. The van der Waals surface area contributed by atoms with Crippen molar-refractivity contribution in [1.29, 1.82) is 0 Å². The molecule has 19 heavy (non-hydrogen) atoms. The first-order chi connectivity index (χ1) is 9.04. The maximum atomic E-state index is 11.9. The van der Waals surface area contributed by atoms with Gasteiger partial charge in [-0.15, -0.1) is 0 Å². The van der Waals surface area contributed by atoms with E-state index in [1.54, 1.807) is 0 Å². The van der Waals surface area contributed by atoms with Gasteiger partial charge < -0.3 is 10.2 Å². The van der Waals surface area contributed by atoms with Gasteiger partial charge in [0.25, 0.3) is 0 Å². The zero-order valence-corrected chi connectivity index (χ0v) is 12.7. The molecule has 0 spiro atoms. The van der Waals surface area contributed by atoms with Crippen LogP contribution in [0, 0.1) is 5.41 Å². The summed E-state index contributed by atoms with van der Waals surface area (Å²) in [6, 6.07) is 0.615. The largest absolute Gasteiger partial charge is 0.340 e. The molecule has 2 aliphatic rings. The number of piperidine rings is 1. The Morgan fingerprint density at radius 3 is 2.53 bits per heavy atom. The van der Waals surface area contributed by atoms with Crippen LogP contribution in [-0.2, 0) is 4.79 Å². The van der Waals surface area contributed by atoms with E-state index in [0.29, 0.717) is 23.8 Å². The first-order valence-electron chi connectivity index (χ1n) is 7.77. The Morgan fingerprint density at radius 1 is 1.26 bits per heavy atom. The lowest BCUT2D eigenvalue weighted by atomic mass is 9.77. The van der Waals surface area contributed by atoms with Crippen LogP contribution >= 0.6 is 0 Å². The molecule has 2 fully saturated rings. The highest BCUT2D eigenvalue weighted by molar-refractivity contribution is 5.76. The molecule has 110 valence electrons. The zero-order valence-electron chi connectivity index (χ0n) is 12.7. The second kappa shape index (κ2) is 6.23. The standard InChI is InChI=1S/C15H29N3O/c1-4-5-14(19)18-10-8-17(9-11-18)13-12-16-7-6-15(13,2)3/h13,16H,4-12H2,1-3H3. The van der Waals surface area contributed by atoms with Crippen molar-refractivity contribution in [2.45, 2.75) is 46.1 Å². The first-order valence-corrected chi connectivity index (χ1v) is 7.77. The predicted octanol–water partition coefficient (Wildman–Crippen LogP) is 1.32. The number of carbonyl (C=O) groups excluding carboxylic acids is 1. The molecule has 0 bridgehead atoms. The molecule has 2 aliphatic heterocycles. The highest BCUT2D eigenvalue weighted by Gasteiger charge is 2.37. The van der Waals surface area contributed by atoms with Gasteiger partial charge in [-0.2, -0.15) is 0 Å². The Kier molecular flexibility index (Phi) is 4.85. The molecule has 2 saturated heterocycles. The molecule has 4 heteroatoms. The molecule has 1 N–H and O–H groups in total. The number of nitrogens with one attached hydrogen (secondary N) is 1. The Hall–Kier alpha value is -0.610. The summed E-state index contributed by atoms with van der Waals surface area (Å²) in [6.07, 6.45) is 2.90. The average Bonchev–Trinajstić information content (AvgIpc) is 2.39. The third-order valence-corrected chi connectivity index (χ3v) is 4.76. The van der Waals surface area contributed by atoms with Crippen molar-refractivity contribution in [1.82, 2.24) is 15.1 Å². The quantitative estimate of drug-likeness (QED) is 0.838. The number of piperazine rings is 1. The predicted molar refractivity (Wildman–Crippen MR) is 78.1 cm³/mol. The molecule has 0 radical (unpaired) electrons. The molecule has 2 heterocycles. The van der Waals surface area contributed by atoms with Crippen LogP contribution in [0.1, 0.15) is 40.0 Å². The maximum absolute atomic E-state index is 11.9. The Balaban J connectivity index is 1.87. The van der Waals surface area contributed by atoms with Crippen LogP contribution in [0.15, 0.2) is 0 Å². The number of hydrogen-bond donors (Lipinski definition) is 1. The molecular weight excluding hydrogens is 238 g/mol. The van der Waals surface area contributed by atoms with Gasteiger partial charge in [-0.05, 0) is 24.8 Å². The normalized spacial score (nSPS) is 28.4. The highest BCUT2D eigenvalue weighted by Crippen LogP contribution is 2.31. The van der Waals surface area contributed by atoms with E-state index >= 15 is 0 Å². The number of hydrogen-bond acceptors (Lipinski definition) is 3. The van der Waals surface area contributed by atoms with Crippen molar-refractivity contribution >= 4 is 5.91 Å². The Labute approximate surface area is 117 Å². The minimum Gasteiger partial charge on any atom is -0.340 e. The van der Waals surface area contributed by atoms with E-state index in [0.717, 1.165) is 45.7 Å². The lowest BCUT2D eigenvalue weighted by Gasteiger charge is -2.48. The molecule has 1 amide bonds. The molecule has 1 unspecified atom stereocenters. The number of nitrogens with zero attached hydrogens (tertiary/aromatic N) is 2. The van der Waals surface area contributed by atoms with Gasteiger partial charge in [0.05, 0.1) is 0 Å². The summed E-state index contributed by atoms with van der Waals surface area (Å²) in [5.74, 6) is 0.336. The van der Waals surface area contributed by atoms with Crippen LogP contribution in [0.2, 0.25) is 0 Å². The van der Waals surface area contributed by atoms with Crippen LogP contribution in [0.5, 0.6) is 0 Å². The molecule has 0 aromatic rings. The van der Waals surface area contributed by atoms with Crippen LogP contribution in [-0.4, -0.2) is 61.0 Å². The smallest absolute Gasteiger partial charge is 0.222 e. The average molecular weight is 267 g/mol. The number of amides is 1. The lowest BCUT2D eigenvalue weighted by molar-refractivity contribution is -0.133. The third kappa shape index (κ3) is 3.48. The van der Waals surface area contributed by atoms with Gasteiger partial charge >= 0.3 is 0 Å². The fourth-order valence-corrected chi connectivity index (χ4v) is 3.37. The van der Waals surface area contributed by atoms with E-state index < -0.39 is 0 Å². The van der Waals surface area contributed by atoms with Gasteiger partial charge in [0, 0.05) is 45.2 Å². The van der Waals surface area contributed by atoms with Crippen LogP contribution in [0.3, 0.4) is 0 Å². The van der Waals surface area contributed by atoms with Crippen molar-refractivity contribution in [3.05, 3.63) is 0 Å². The summed E-state index contributed by atoms with van der Waals surface area (Å²) in [4.78, 5) is 16.5. The van der Waals surface area contributed by atoms with Gasteiger partial charge in [-0.3, -0.25) is 9.69 Å². The SMILES string of the molecule is CCCC(=O)N1CCN(C2CNCCC2(C)C)CC1. The summed E-state index contributed by atoms with van der Waals surface area (Å²) in [6.45, 7) is 13.0. The lowest BCUT2D eigenvalue weighted by Crippen LogP contribution is -2.60. The number of carbonyl (C=O) groups is 1. The fourth-order valence-electron chi connectivity index (χ4n) is 3.37. The minimum absolute atomic E-state index is 0.336. The summed E-state index contributed by atoms with van der Waals surface area (Å²) in [5, 5.41) is 3.52. The van der Waals surface area contributed by atoms with Gasteiger partial charge in [-0.1, -0.05) is 20.8 Å². The van der Waals surface area contributed by atoms with E-state index in [4.69, 9.17) is 0 Å². The molecule has 0 aromatic heterocycles. The maximum Gasteiger partial charge on any atom is 0.222 e. The van der Waals surface area contributed by atoms with E-state index in [1.165, 1.54) is 6.42 Å². The summed E-state index contributed by atoms with van der Waals surface area (Å²) in [7, 11) is 0. The molecule has 0 aliphatic carbocycles. The van der Waals surface area contributed by atoms with Crippen LogP contribution < -0.4 is 5.32 Å². The molecule has 0 aromatic carbocycles. The van der Waals surface area contributed by atoms with Crippen LogP contribution in [0.4, 0.5) is 0 Å². The molecule has 1 atom stereocenters. The van der Waals surface area contributed by atoms with Crippen molar-refractivity contribution in [2.24, 2.45) is 5.41 Å². The van der Waals surface area contributed by atoms with Gasteiger partial charge in [0.1, 0.15) is 0 Å². The fraction of sp³-hybridized carbons (Fsp3) is 0.933. The molecule has 2 rings (SSSR count). The first kappa shape index (κ1) is 14.8. The topological polar surface area (TPSA) is 35.6 Å². The monoisotopic (exact) mass is 267 g/mol. The summed E-state index contributed by atoms with van der Waals surface area (Å²) < 4.78 is 0. The Morgan fingerprint density at radius 2 is 1.95 bits per heavy atom. The summed E-state index contributed by atoms with van der Waals surface area (Å²) in [5.41, 5.74) is 0.390. The van der Waals surface area contributed by atoms with Gasteiger partial charge in [-0.25, -0.2) is 0 Å². The van der Waals surface area contributed by atoms with Crippen molar-refractivity contribution < 1.29 is 4.79 Å². The molecular formula is C15H29N3O. The van der Waals surface area contributed by atoms with Crippen LogP contribution in [0.25, 0.3) is 0 Å². The van der Waals surface area contributed by atoms with Gasteiger partial charge in [0.15, 0.2) is 0 Å².